The van der Waals surface area contributed by atoms with Crippen molar-refractivity contribution < 1.29 is 14.4 Å². The number of hydrogen-bond acceptors (Lipinski definition) is 6. The highest BCUT2D eigenvalue weighted by Gasteiger charge is 2.31. The molecule has 0 aromatic carbocycles. The summed E-state index contributed by atoms with van der Waals surface area (Å²) in [5.74, 6) is 0.212. The number of carbonyl (C=O) groups is 1. The SMILES string of the molecule is O=C(O)[C@@H]1CCCN1Cc1nc(-c2ccc(Br)s2)no1. The third-order valence-electron chi connectivity index (χ3n) is 3.25. The molecule has 1 saturated heterocycles. The van der Waals surface area contributed by atoms with Gasteiger partial charge in [-0.15, -0.1) is 11.3 Å². The molecule has 6 nitrogen and oxygen atoms in total. The normalized spacial score (nSPS) is 19.6. The van der Waals surface area contributed by atoms with Crippen LogP contribution in [0.15, 0.2) is 20.4 Å². The largest absolute Gasteiger partial charge is 0.480 e. The lowest BCUT2D eigenvalue weighted by molar-refractivity contribution is -0.142. The molecule has 3 rings (SSSR count). The fraction of sp³-hybridized carbons (Fsp3) is 0.417. The Balaban J connectivity index is 1.73. The van der Waals surface area contributed by atoms with Crippen LogP contribution in [0.3, 0.4) is 0 Å². The minimum atomic E-state index is -0.788. The first-order chi connectivity index (χ1) is 9.63. The van der Waals surface area contributed by atoms with E-state index in [2.05, 4.69) is 26.1 Å². The van der Waals surface area contributed by atoms with Crippen molar-refractivity contribution in [3.05, 3.63) is 21.8 Å². The van der Waals surface area contributed by atoms with Crippen LogP contribution >= 0.6 is 27.3 Å². The van der Waals surface area contributed by atoms with Gasteiger partial charge in [0.25, 0.3) is 0 Å². The Morgan fingerprint density at radius 3 is 3.15 bits per heavy atom. The summed E-state index contributed by atoms with van der Waals surface area (Å²) >= 11 is 4.92. The van der Waals surface area contributed by atoms with Crippen molar-refractivity contribution in [2.75, 3.05) is 6.54 Å². The maximum absolute atomic E-state index is 11.1. The van der Waals surface area contributed by atoms with E-state index in [1.165, 1.54) is 11.3 Å². The molecule has 0 aliphatic carbocycles. The molecule has 3 heterocycles. The Bertz CT molecular complexity index is 627. The van der Waals surface area contributed by atoms with E-state index in [0.717, 1.165) is 21.6 Å². The zero-order chi connectivity index (χ0) is 14.1. The molecule has 2 aromatic rings. The molecule has 0 saturated carbocycles. The Kier molecular flexibility index (Phi) is 3.86. The lowest BCUT2D eigenvalue weighted by atomic mass is 10.2. The highest BCUT2D eigenvalue weighted by atomic mass is 79.9. The van der Waals surface area contributed by atoms with E-state index in [4.69, 9.17) is 9.63 Å². The fourth-order valence-corrected chi connectivity index (χ4v) is 3.63. The molecular weight excluding hydrogens is 346 g/mol. The van der Waals surface area contributed by atoms with Crippen molar-refractivity contribution in [1.82, 2.24) is 15.0 Å². The van der Waals surface area contributed by atoms with Crippen molar-refractivity contribution in [1.29, 1.82) is 0 Å². The number of likely N-dealkylation sites (tertiary alicyclic amines) is 1. The summed E-state index contributed by atoms with van der Waals surface area (Å²) in [6.45, 7) is 1.13. The Labute approximate surface area is 127 Å². The molecule has 1 aliphatic heterocycles. The van der Waals surface area contributed by atoms with E-state index in [0.29, 0.717) is 24.7 Å². The predicted molar refractivity (Wildman–Crippen MR) is 76.4 cm³/mol. The van der Waals surface area contributed by atoms with Gasteiger partial charge in [-0.05, 0) is 47.4 Å². The third kappa shape index (κ3) is 2.77. The second-order valence-electron chi connectivity index (χ2n) is 4.58. The molecule has 1 atom stereocenters. The van der Waals surface area contributed by atoms with Gasteiger partial charge >= 0.3 is 5.97 Å². The zero-order valence-electron chi connectivity index (χ0n) is 10.5. The zero-order valence-corrected chi connectivity index (χ0v) is 12.9. The highest BCUT2D eigenvalue weighted by Crippen LogP contribution is 2.29. The van der Waals surface area contributed by atoms with Crippen LogP contribution in [0.4, 0.5) is 0 Å². The summed E-state index contributed by atoms with van der Waals surface area (Å²) in [7, 11) is 0. The van der Waals surface area contributed by atoms with E-state index in [1.54, 1.807) is 0 Å². The van der Waals surface area contributed by atoms with Gasteiger partial charge < -0.3 is 9.63 Å². The molecule has 1 fully saturated rings. The van der Waals surface area contributed by atoms with Crippen molar-refractivity contribution in [2.24, 2.45) is 0 Å². The molecular formula is C12H12BrN3O3S. The van der Waals surface area contributed by atoms with E-state index < -0.39 is 12.0 Å². The van der Waals surface area contributed by atoms with Crippen LogP contribution in [-0.4, -0.2) is 38.7 Å². The molecule has 2 aromatic heterocycles. The third-order valence-corrected chi connectivity index (χ3v) is 4.87. The predicted octanol–water partition coefficient (Wildman–Crippen LogP) is 2.61. The van der Waals surface area contributed by atoms with Crippen LogP contribution < -0.4 is 0 Å². The van der Waals surface area contributed by atoms with Gasteiger partial charge in [-0.2, -0.15) is 4.98 Å². The molecule has 0 bridgehead atoms. The summed E-state index contributed by atoms with van der Waals surface area (Å²) < 4.78 is 6.22. The summed E-state index contributed by atoms with van der Waals surface area (Å²) in [4.78, 5) is 18.2. The van der Waals surface area contributed by atoms with E-state index in [-0.39, 0.29) is 0 Å². The average molecular weight is 358 g/mol. The lowest BCUT2D eigenvalue weighted by Gasteiger charge is -2.18. The number of halogens is 1. The van der Waals surface area contributed by atoms with Gasteiger partial charge in [-0.1, -0.05) is 5.16 Å². The van der Waals surface area contributed by atoms with Gasteiger partial charge in [0, 0.05) is 0 Å². The minimum absolute atomic E-state index is 0.385. The molecule has 1 N–H and O–H groups in total. The number of aromatic nitrogens is 2. The average Bonchev–Trinajstić information content (AvgIpc) is 3.09. The number of aliphatic carboxylic acids is 1. The minimum Gasteiger partial charge on any atom is -0.480 e. The topological polar surface area (TPSA) is 79.5 Å². The monoisotopic (exact) mass is 357 g/mol. The van der Waals surface area contributed by atoms with Crippen molar-refractivity contribution >= 4 is 33.2 Å². The summed E-state index contributed by atoms with van der Waals surface area (Å²) in [6, 6.07) is 3.40. The van der Waals surface area contributed by atoms with Crippen molar-refractivity contribution in [3.63, 3.8) is 0 Å². The Hall–Kier alpha value is -1.25. The van der Waals surface area contributed by atoms with Crippen molar-refractivity contribution in [3.8, 4) is 10.7 Å². The summed E-state index contributed by atoms with van der Waals surface area (Å²) in [5, 5.41) is 13.1. The Morgan fingerprint density at radius 1 is 1.60 bits per heavy atom. The molecule has 0 amide bonds. The smallest absolute Gasteiger partial charge is 0.320 e. The van der Waals surface area contributed by atoms with Crippen LogP contribution in [0.25, 0.3) is 10.7 Å². The van der Waals surface area contributed by atoms with Gasteiger partial charge in [0.1, 0.15) is 6.04 Å². The number of thiophene rings is 1. The molecule has 0 radical (unpaired) electrons. The van der Waals surface area contributed by atoms with Gasteiger partial charge in [-0.3, -0.25) is 9.69 Å². The second kappa shape index (κ2) is 5.63. The van der Waals surface area contributed by atoms with Crippen LogP contribution in [0.2, 0.25) is 0 Å². The second-order valence-corrected chi connectivity index (χ2v) is 7.05. The number of carboxylic acids is 1. The van der Waals surface area contributed by atoms with Gasteiger partial charge in [0.15, 0.2) is 0 Å². The maximum Gasteiger partial charge on any atom is 0.320 e. The lowest BCUT2D eigenvalue weighted by Crippen LogP contribution is -2.35. The maximum atomic E-state index is 11.1. The first-order valence-electron chi connectivity index (χ1n) is 6.18. The van der Waals surface area contributed by atoms with E-state index in [9.17, 15) is 4.79 Å². The van der Waals surface area contributed by atoms with Crippen LogP contribution in [0, 0.1) is 0 Å². The van der Waals surface area contributed by atoms with Crippen LogP contribution in [0.1, 0.15) is 18.7 Å². The Morgan fingerprint density at radius 2 is 2.45 bits per heavy atom. The molecule has 1 aliphatic rings. The molecule has 106 valence electrons. The van der Waals surface area contributed by atoms with Crippen molar-refractivity contribution in [2.45, 2.75) is 25.4 Å². The number of hydrogen-bond donors (Lipinski definition) is 1. The number of carboxylic acid groups (broad SMARTS) is 1. The summed E-state index contributed by atoms with van der Waals surface area (Å²) in [5.41, 5.74) is 0. The van der Waals surface area contributed by atoms with E-state index >= 15 is 0 Å². The summed E-state index contributed by atoms with van der Waals surface area (Å²) in [6.07, 6.45) is 1.56. The first-order valence-corrected chi connectivity index (χ1v) is 7.79. The fourth-order valence-electron chi connectivity index (χ4n) is 2.32. The quantitative estimate of drug-likeness (QED) is 0.905. The van der Waals surface area contributed by atoms with Gasteiger partial charge in [-0.25, -0.2) is 0 Å². The van der Waals surface area contributed by atoms with E-state index in [1.807, 2.05) is 17.0 Å². The van der Waals surface area contributed by atoms with Crippen LogP contribution in [-0.2, 0) is 11.3 Å². The van der Waals surface area contributed by atoms with Gasteiger partial charge in [0.2, 0.25) is 11.7 Å². The number of nitrogens with zero attached hydrogens (tertiary/aromatic N) is 3. The first kappa shape index (κ1) is 13.7. The molecule has 0 spiro atoms. The highest BCUT2D eigenvalue weighted by molar-refractivity contribution is 9.11. The van der Waals surface area contributed by atoms with Gasteiger partial charge in [0.05, 0.1) is 15.2 Å². The molecule has 20 heavy (non-hydrogen) atoms. The molecule has 0 unspecified atom stereocenters. The standard InChI is InChI=1S/C12H12BrN3O3S/c13-9-4-3-8(20-9)11-14-10(19-15-11)6-16-5-1-2-7(16)12(17)18/h3-4,7H,1-2,5-6H2,(H,17,18)/t7-/m0/s1. The van der Waals surface area contributed by atoms with Crippen LogP contribution in [0.5, 0.6) is 0 Å². The molecule has 8 heteroatoms. The number of rotatable bonds is 4.